The van der Waals surface area contributed by atoms with Crippen LogP contribution in [0.3, 0.4) is 0 Å². The Morgan fingerprint density at radius 3 is 2.93 bits per heavy atom. The van der Waals surface area contributed by atoms with E-state index in [9.17, 15) is 8.78 Å². The fraction of sp³-hybridized carbons (Fsp3) is 0.333. The van der Waals surface area contributed by atoms with E-state index in [0.717, 1.165) is 4.68 Å². The first-order valence-electron chi connectivity index (χ1n) is 4.01. The van der Waals surface area contributed by atoms with E-state index in [-0.39, 0.29) is 17.0 Å². The van der Waals surface area contributed by atoms with Crippen molar-refractivity contribution in [3.05, 3.63) is 6.33 Å². The molecule has 80 valence electrons. The summed E-state index contributed by atoms with van der Waals surface area (Å²) in [6, 6.07) is 0. The molecule has 0 fully saturated rings. The zero-order valence-corrected chi connectivity index (χ0v) is 7.43. The van der Waals surface area contributed by atoms with Crippen molar-refractivity contribution in [3.8, 4) is 0 Å². The van der Waals surface area contributed by atoms with E-state index in [2.05, 4.69) is 25.7 Å². The summed E-state index contributed by atoms with van der Waals surface area (Å²) < 4.78 is 25.3. The summed E-state index contributed by atoms with van der Waals surface area (Å²) in [6.07, 6.45) is -1.32. The maximum Gasteiger partial charge on any atom is 0.258 e. The molecule has 0 spiro atoms. The average Bonchev–Trinajstić information content (AvgIpc) is 2.61. The molecule has 3 N–H and O–H groups in total. The Bertz CT molecular complexity index is 467. The first-order chi connectivity index (χ1) is 7.22. The van der Waals surface area contributed by atoms with Gasteiger partial charge in [-0.15, -0.1) is 5.10 Å². The van der Waals surface area contributed by atoms with Crippen LogP contribution in [0.25, 0.3) is 11.2 Å². The lowest BCUT2D eigenvalue weighted by Gasteiger charge is -2.00. The molecule has 2 heterocycles. The third-order valence-electron chi connectivity index (χ3n) is 1.75. The van der Waals surface area contributed by atoms with Crippen molar-refractivity contribution in [1.82, 2.24) is 25.0 Å². The standard InChI is InChI=1S/C6H7F2N7/c7-3(8)1-15-6-4(13-14-15)5(12-9)10-2-11-6/h2-3H,1,9H2,(H,10,11,12). The van der Waals surface area contributed by atoms with Gasteiger partial charge in [-0.2, -0.15) is 0 Å². The number of rotatable bonds is 3. The first-order valence-corrected chi connectivity index (χ1v) is 4.01. The van der Waals surface area contributed by atoms with Gasteiger partial charge in [-0.1, -0.05) is 5.21 Å². The monoisotopic (exact) mass is 215 g/mol. The van der Waals surface area contributed by atoms with E-state index in [1.807, 2.05) is 0 Å². The van der Waals surface area contributed by atoms with Crippen LogP contribution in [-0.4, -0.2) is 31.4 Å². The molecule has 0 saturated carbocycles. The molecule has 0 aromatic carbocycles. The molecule has 0 aliphatic rings. The van der Waals surface area contributed by atoms with Crippen LogP contribution in [0.15, 0.2) is 6.33 Å². The summed E-state index contributed by atoms with van der Waals surface area (Å²) in [7, 11) is 0. The Labute approximate surface area is 82.3 Å². The lowest BCUT2D eigenvalue weighted by atomic mass is 10.5. The Hall–Kier alpha value is -1.90. The largest absolute Gasteiger partial charge is 0.306 e. The van der Waals surface area contributed by atoms with E-state index >= 15 is 0 Å². The predicted octanol–water partition coefficient (Wildman–Crippen LogP) is -0.228. The topological polar surface area (TPSA) is 94.5 Å². The zero-order valence-electron chi connectivity index (χ0n) is 7.43. The number of nitrogen functional groups attached to an aromatic ring is 1. The molecule has 9 heteroatoms. The van der Waals surface area contributed by atoms with E-state index in [1.54, 1.807) is 0 Å². The van der Waals surface area contributed by atoms with E-state index in [0.29, 0.717) is 0 Å². The van der Waals surface area contributed by atoms with E-state index in [4.69, 9.17) is 5.84 Å². The van der Waals surface area contributed by atoms with Crippen LogP contribution in [0.4, 0.5) is 14.6 Å². The molecule has 2 aromatic rings. The Kier molecular flexibility index (Phi) is 2.37. The van der Waals surface area contributed by atoms with Gasteiger partial charge < -0.3 is 5.43 Å². The summed E-state index contributed by atoms with van der Waals surface area (Å²) in [4.78, 5) is 7.57. The number of hydrazine groups is 1. The second kappa shape index (κ2) is 3.69. The zero-order chi connectivity index (χ0) is 10.8. The van der Waals surface area contributed by atoms with Gasteiger partial charge in [-0.05, 0) is 0 Å². The minimum atomic E-state index is -2.51. The Morgan fingerprint density at radius 1 is 1.47 bits per heavy atom. The predicted molar refractivity (Wildman–Crippen MR) is 46.9 cm³/mol. The molecule has 0 aliphatic heterocycles. The number of fused-ring (bicyclic) bond motifs is 1. The SMILES string of the molecule is NNc1ncnc2c1nnn2CC(F)F. The summed E-state index contributed by atoms with van der Waals surface area (Å²) in [5, 5.41) is 7.19. The van der Waals surface area contributed by atoms with Crippen molar-refractivity contribution in [2.45, 2.75) is 13.0 Å². The number of nitrogens with one attached hydrogen (secondary N) is 1. The van der Waals surface area contributed by atoms with Gasteiger partial charge in [0.1, 0.15) is 12.9 Å². The summed E-state index contributed by atoms with van der Waals surface area (Å²) in [5.74, 6) is 5.41. The third-order valence-corrected chi connectivity index (χ3v) is 1.75. The van der Waals surface area contributed by atoms with Crippen LogP contribution in [0.2, 0.25) is 0 Å². The molecule has 0 unspecified atom stereocenters. The molecular weight excluding hydrogens is 208 g/mol. The molecule has 2 aromatic heterocycles. The lowest BCUT2D eigenvalue weighted by molar-refractivity contribution is 0.122. The normalized spacial score (nSPS) is 11.2. The molecule has 0 radical (unpaired) electrons. The summed E-state index contributed by atoms with van der Waals surface area (Å²) >= 11 is 0. The number of hydrogen-bond donors (Lipinski definition) is 2. The van der Waals surface area contributed by atoms with Crippen LogP contribution >= 0.6 is 0 Å². The van der Waals surface area contributed by atoms with Crippen molar-refractivity contribution >= 4 is 17.0 Å². The molecular formula is C6H7F2N7. The number of hydrogen-bond acceptors (Lipinski definition) is 6. The number of alkyl halides is 2. The second-order valence-electron chi connectivity index (χ2n) is 2.70. The van der Waals surface area contributed by atoms with Crippen molar-refractivity contribution in [3.63, 3.8) is 0 Å². The number of nitrogens with zero attached hydrogens (tertiary/aromatic N) is 5. The van der Waals surface area contributed by atoms with Crippen molar-refractivity contribution in [1.29, 1.82) is 0 Å². The smallest absolute Gasteiger partial charge is 0.258 e. The molecule has 0 aliphatic carbocycles. The van der Waals surface area contributed by atoms with Gasteiger partial charge in [-0.25, -0.2) is 29.3 Å². The molecule has 0 atom stereocenters. The van der Waals surface area contributed by atoms with E-state index in [1.165, 1.54) is 6.33 Å². The highest BCUT2D eigenvalue weighted by molar-refractivity contribution is 5.81. The number of halogens is 2. The molecule has 2 rings (SSSR count). The van der Waals surface area contributed by atoms with Gasteiger partial charge in [0.15, 0.2) is 17.0 Å². The molecule has 7 nitrogen and oxygen atoms in total. The maximum atomic E-state index is 12.1. The summed E-state index contributed by atoms with van der Waals surface area (Å²) in [5.41, 5.74) is 2.77. The highest BCUT2D eigenvalue weighted by atomic mass is 19.3. The third kappa shape index (κ3) is 1.68. The number of nitrogens with two attached hydrogens (primary N) is 1. The average molecular weight is 215 g/mol. The van der Waals surface area contributed by atoms with Crippen LogP contribution in [0.1, 0.15) is 0 Å². The van der Waals surface area contributed by atoms with Crippen molar-refractivity contribution in [2.24, 2.45) is 5.84 Å². The molecule has 15 heavy (non-hydrogen) atoms. The van der Waals surface area contributed by atoms with Gasteiger partial charge in [0, 0.05) is 0 Å². The highest BCUT2D eigenvalue weighted by Crippen LogP contribution is 2.15. The first kappa shape index (κ1) is 9.65. The quantitative estimate of drug-likeness (QED) is 0.542. The maximum absolute atomic E-state index is 12.1. The van der Waals surface area contributed by atoms with Crippen molar-refractivity contribution < 1.29 is 8.78 Å². The fourth-order valence-electron chi connectivity index (χ4n) is 1.15. The van der Waals surface area contributed by atoms with Gasteiger partial charge >= 0.3 is 0 Å². The molecule has 0 bridgehead atoms. The van der Waals surface area contributed by atoms with Gasteiger partial charge in [-0.3, -0.25) is 0 Å². The Morgan fingerprint density at radius 2 is 2.27 bits per heavy atom. The van der Waals surface area contributed by atoms with E-state index < -0.39 is 13.0 Å². The minimum absolute atomic E-state index is 0.221. The molecule has 0 amide bonds. The van der Waals surface area contributed by atoms with Crippen LogP contribution in [0, 0.1) is 0 Å². The highest BCUT2D eigenvalue weighted by Gasteiger charge is 2.13. The van der Waals surface area contributed by atoms with Gasteiger partial charge in [0.25, 0.3) is 6.43 Å². The number of anilines is 1. The van der Waals surface area contributed by atoms with Gasteiger partial charge in [0.2, 0.25) is 0 Å². The minimum Gasteiger partial charge on any atom is -0.306 e. The lowest BCUT2D eigenvalue weighted by Crippen LogP contribution is -2.10. The van der Waals surface area contributed by atoms with Crippen molar-refractivity contribution in [2.75, 3.05) is 5.43 Å². The van der Waals surface area contributed by atoms with Crippen LogP contribution in [-0.2, 0) is 6.54 Å². The molecule has 0 saturated heterocycles. The number of aromatic nitrogens is 5. The van der Waals surface area contributed by atoms with Crippen LogP contribution < -0.4 is 11.3 Å². The summed E-state index contributed by atoms with van der Waals surface area (Å²) in [6.45, 7) is -0.558. The van der Waals surface area contributed by atoms with Gasteiger partial charge in [0.05, 0.1) is 0 Å². The van der Waals surface area contributed by atoms with Crippen LogP contribution in [0.5, 0.6) is 0 Å². The second-order valence-corrected chi connectivity index (χ2v) is 2.70. The Balaban J connectivity index is 2.51. The fourth-order valence-corrected chi connectivity index (χ4v) is 1.15.